The zero-order chi connectivity index (χ0) is 23.9. The third-order valence-corrected chi connectivity index (χ3v) is 6.50. The molecule has 1 aliphatic rings. The van der Waals surface area contributed by atoms with E-state index in [9.17, 15) is 19.8 Å². The number of phenolic OH excluding ortho intramolecular Hbond substituents is 1. The molecule has 1 unspecified atom stereocenters. The van der Waals surface area contributed by atoms with Gasteiger partial charge in [-0.1, -0.05) is 62.1 Å². The van der Waals surface area contributed by atoms with Crippen LogP contribution in [0, 0.1) is 0 Å². The lowest BCUT2D eigenvalue weighted by atomic mass is 9.87. The molecule has 1 atom stereocenters. The molecule has 178 valence electrons. The second kappa shape index (κ2) is 11.1. The van der Waals surface area contributed by atoms with Gasteiger partial charge < -0.3 is 20.3 Å². The smallest absolute Gasteiger partial charge is 0.304 e. The number of aromatic hydroxyl groups is 1. The first-order valence-electron chi connectivity index (χ1n) is 11.9. The largest absolute Gasteiger partial charge is 0.508 e. The number of fused-ring (bicyclic) bond motifs is 1. The van der Waals surface area contributed by atoms with Gasteiger partial charge in [-0.3, -0.25) is 9.59 Å². The summed E-state index contributed by atoms with van der Waals surface area (Å²) in [5.41, 5.74) is 1.69. The molecule has 0 aromatic heterocycles. The minimum Gasteiger partial charge on any atom is -0.508 e. The molecule has 0 radical (unpaired) electrons. The first-order valence-corrected chi connectivity index (χ1v) is 11.9. The molecule has 4 rings (SSSR count). The summed E-state index contributed by atoms with van der Waals surface area (Å²) in [7, 11) is 0. The Morgan fingerprint density at radius 2 is 1.56 bits per heavy atom. The van der Waals surface area contributed by atoms with Gasteiger partial charge in [0.15, 0.2) is 6.61 Å². The van der Waals surface area contributed by atoms with Crippen molar-refractivity contribution in [2.75, 3.05) is 6.61 Å². The van der Waals surface area contributed by atoms with Gasteiger partial charge in [0.1, 0.15) is 11.5 Å². The first kappa shape index (κ1) is 23.6. The molecule has 0 heterocycles. The molecule has 6 nitrogen and oxygen atoms in total. The Kier molecular flexibility index (Phi) is 7.68. The van der Waals surface area contributed by atoms with Gasteiger partial charge in [-0.25, -0.2) is 0 Å². The Morgan fingerprint density at radius 1 is 0.882 bits per heavy atom. The van der Waals surface area contributed by atoms with Gasteiger partial charge in [0, 0.05) is 12.0 Å². The standard InChI is InChI=1S/C28H31NO5/c30-24-12-9-20(10-13-24)26(17-28(32)33)21-8-7-19-11-14-25(16-22(19)15-21)34-18-27(31)29-23-5-3-1-2-4-6-23/h7-16,23,26,30H,1-6,17-18H2,(H,29,31)(H,32,33). The molecule has 3 N–H and O–H groups in total. The number of hydrogen-bond donors (Lipinski definition) is 3. The van der Waals surface area contributed by atoms with Crippen LogP contribution in [0.3, 0.4) is 0 Å². The Hall–Kier alpha value is -3.54. The van der Waals surface area contributed by atoms with Crippen molar-refractivity contribution in [2.24, 2.45) is 0 Å². The molecule has 3 aromatic rings. The monoisotopic (exact) mass is 461 g/mol. The maximum absolute atomic E-state index is 12.4. The van der Waals surface area contributed by atoms with Crippen LogP contribution < -0.4 is 10.1 Å². The van der Waals surface area contributed by atoms with E-state index >= 15 is 0 Å². The lowest BCUT2D eigenvalue weighted by molar-refractivity contribution is -0.137. The number of ether oxygens (including phenoxy) is 1. The predicted octanol–water partition coefficient (Wildman–Crippen LogP) is 5.37. The second-order valence-corrected chi connectivity index (χ2v) is 9.06. The zero-order valence-corrected chi connectivity index (χ0v) is 19.2. The minimum atomic E-state index is -0.894. The quantitative estimate of drug-likeness (QED) is 0.392. The van der Waals surface area contributed by atoms with Crippen LogP contribution in [0.1, 0.15) is 62.0 Å². The average molecular weight is 462 g/mol. The van der Waals surface area contributed by atoms with Gasteiger partial charge in [-0.15, -0.1) is 0 Å². The summed E-state index contributed by atoms with van der Waals surface area (Å²) in [5.74, 6) is -0.608. The van der Waals surface area contributed by atoms with Gasteiger partial charge in [0.05, 0.1) is 6.42 Å². The Labute approximate surface area is 199 Å². The molecule has 1 saturated carbocycles. The topological polar surface area (TPSA) is 95.9 Å². The maximum Gasteiger partial charge on any atom is 0.304 e. The summed E-state index contributed by atoms with van der Waals surface area (Å²) in [6, 6.07) is 18.4. The fourth-order valence-electron chi connectivity index (χ4n) is 4.70. The summed E-state index contributed by atoms with van der Waals surface area (Å²) < 4.78 is 5.78. The lowest BCUT2D eigenvalue weighted by Gasteiger charge is -2.18. The van der Waals surface area contributed by atoms with Crippen LogP contribution in [0.5, 0.6) is 11.5 Å². The second-order valence-electron chi connectivity index (χ2n) is 9.06. The van der Waals surface area contributed by atoms with Crippen molar-refractivity contribution in [3.8, 4) is 11.5 Å². The van der Waals surface area contributed by atoms with Crippen LogP contribution in [-0.2, 0) is 9.59 Å². The molecule has 1 fully saturated rings. The number of carboxylic acids is 1. The number of benzene rings is 3. The van der Waals surface area contributed by atoms with E-state index in [0.29, 0.717) is 5.75 Å². The van der Waals surface area contributed by atoms with E-state index in [1.165, 1.54) is 12.8 Å². The van der Waals surface area contributed by atoms with E-state index in [0.717, 1.165) is 47.6 Å². The van der Waals surface area contributed by atoms with Crippen molar-refractivity contribution in [3.05, 3.63) is 71.8 Å². The first-order chi connectivity index (χ1) is 16.5. The summed E-state index contributed by atoms with van der Waals surface area (Å²) in [6.45, 7) is -0.0309. The highest BCUT2D eigenvalue weighted by Crippen LogP contribution is 2.32. The summed E-state index contributed by atoms with van der Waals surface area (Å²) in [6.07, 6.45) is 6.79. The number of hydrogen-bond acceptors (Lipinski definition) is 4. The molecule has 0 aliphatic heterocycles. The van der Waals surface area contributed by atoms with Crippen LogP contribution in [-0.4, -0.2) is 34.7 Å². The van der Waals surface area contributed by atoms with E-state index in [-0.39, 0.29) is 36.6 Å². The number of amides is 1. The van der Waals surface area contributed by atoms with E-state index in [2.05, 4.69) is 5.32 Å². The molecule has 0 saturated heterocycles. The van der Waals surface area contributed by atoms with Crippen molar-refractivity contribution >= 4 is 22.6 Å². The molecule has 3 aromatic carbocycles. The number of aliphatic carboxylic acids is 1. The van der Waals surface area contributed by atoms with Crippen LogP contribution in [0.2, 0.25) is 0 Å². The fourth-order valence-corrected chi connectivity index (χ4v) is 4.70. The SMILES string of the molecule is O=C(O)CC(c1ccc(O)cc1)c1ccc2ccc(OCC(=O)NC3CCCCCC3)cc2c1. The number of nitrogens with one attached hydrogen (secondary N) is 1. The third kappa shape index (κ3) is 6.28. The highest BCUT2D eigenvalue weighted by Gasteiger charge is 2.19. The Bertz CT molecular complexity index is 1130. The zero-order valence-electron chi connectivity index (χ0n) is 19.2. The number of phenols is 1. The molecule has 1 aliphatic carbocycles. The van der Waals surface area contributed by atoms with Crippen LogP contribution in [0.25, 0.3) is 10.8 Å². The molecular weight excluding hydrogens is 430 g/mol. The van der Waals surface area contributed by atoms with Gasteiger partial charge >= 0.3 is 5.97 Å². The van der Waals surface area contributed by atoms with Crippen LogP contribution in [0.15, 0.2) is 60.7 Å². The van der Waals surface area contributed by atoms with E-state index < -0.39 is 5.97 Å². The van der Waals surface area contributed by atoms with Gasteiger partial charge in [0.25, 0.3) is 5.91 Å². The summed E-state index contributed by atoms with van der Waals surface area (Å²) in [5, 5.41) is 24.1. The van der Waals surface area contributed by atoms with Crippen molar-refractivity contribution in [1.82, 2.24) is 5.32 Å². The molecule has 0 spiro atoms. The fraction of sp³-hybridized carbons (Fsp3) is 0.357. The van der Waals surface area contributed by atoms with Crippen LogP contribution in [0.4, 0.5) is 0 Å². The molecular formula is C28H31NO5. The van der Waals surface area contributed by atoms with E-state index in [1.54, 1.807) is 24.3 Å². The summed E-state index contributed by atoms with van der Waals surface area (Å²) in [4.78, 5) is 23.9. The number of carbonyl (C=O) groups excluding carboxylic acids is 1. The normalized spacial score (nSPS) is 15.4. The van der Waals surface area contributed by atoms with E-state index in [1.807, 2.05) is 36.4 Å². The van der Waals surface area contributed by atoms with Crippen molar-refractivity contribution in [3.63, 3.8) is 0 Å². The molecule has 1 amide bonds. The number of carboxylic acid groups (broad SMARTS) is 1. The van der Waals surface area contributed by atoms with Crippen molar-refractivity contribution in [1.29, 1.82) is 0 Å². The number of carbonyl (C=O) groups is 2. The van der Waals surface area contributed by atoms with Gasteiger partial charge in [-0.05, 0) is 59.0 Å². The number of rotatable bonds is 8. The predicted molar refractivity (Wildman–Crippen MR) is 131 cm³/mol. The third-order valence-electron chi connectivity index (χ3n) is 6.50. The van der Waals surface area contributed by atoms with Gasteiger partial charge in [0.2, 0.25) is 0 Å². The Balaban J connectivity index is 1.48. The highest BCUT2D eigenvalue weighted by atomic mass is 16.5. The molecule has 0 bridgehead atoms. The van der Waals surface area contributed by atoms with Crippen LogP contribution >= 0.6 is 0 Å². The van der Waals surface area contributed by atoms with E-state index in [4.69, 9.17) is 4.74 Å². The maximum atomic E-state index is 12.4. The summed E-state index contributed by atoms with van der Waals surface area (Å²) >= 11 is 0. The average Bonchev–Trinajstić information content (AvgIpc) is 3.10. The highest BCUT2D eigenvalue weighted by molar-refractivity contribution is 5.85. The minimum absolute atomic E-state index is 0.0309. The molecule has 34 heavy (non-hydrogen) atoms. The van der Waals surface area contributed by atoms with Crippen molar-refractivity contribution in [2.45, 2.75) is 56.9 Å². The van der Waals surface area contributed by atoms with Gasteiger partial charge in [-0.2, -0.15) is 0 Å². The lowest BCUT2D eigenvalue weighted by Crippen LogP contribution is -2.37. The molecule has 6 heteroatoms. The van der Waals surface area contributed by atoms with Crippen molar-refractivity contribution < 1.29 is 24.5 Å². The Morgan fingerprint density at radius 3 is 2.26 bits per heavy atom.